The predicted molar refractivity (Wildman–Crippen MR) is 68.9 cm³/mol. The van der Waals surface area contributed by atoms with Crippen LogP contribution >= 0.6 is 0 Å². The van der Waals surface area contributed by atoms with Crippen LogP contribution in [0.5, 0.6) is 0 Å². The number of hydrogen-bond donors (Lipinski definition) is 2. The second kappa shape index (κ2) is 7.67. The number of methoxy groups -OCH3 is 1. The SMILES string of the molecule is CCCC1(C(=O)NCCCOC)CCNCC1. The van der Waals surface area contributed by atoms with Crippen LogP contribution < -0.4 is 10.6 Å². The summed E-state index contributed by atoms with van der Waals surface area (Å²) < 4.78 is 4.98. The fourth-order valence-corrected chi connectivity index (χ4v) is 2.58. The van der Waals surface area contributed by atoms with Crippen LogP contribution in [0.1, 0.15) is 39.0 Å². The van der Waals surface area contributed by atoms with Gasteiger partial charge in [0.2, 0.25) is 5.91 Å². The van der Waals surface area contributed by atoms with Crippen molar-refractivity contribution in [1.29, 1.82) is 0 Å². The first-order chi connectivity index (χ1) is 8.25. The van der Waals surface area contributed by atoms with Gasteiger partial charge in [0.1, 0.15) is 0 Å². The number of rotatable bonds is 7. The van der Waals surface area contributed by atoms with Crippen LogP contribution in [0.4, 0.5) is 0 Å². The first-order valence-corrected chi connectivity index (χ1v) is 6.73. The van der Waals surface area contributed by atoms with Gasteiger partial charge in [-0.1, -0.05) is 13.3 Å². The maximum Gasteiger partial charge on any atom is 0.226 e. The van der Waals surface area contributed by atoms with Crippen LogP contribution in [0.3, 0.4) is 0 Å². The van der Waals surface area contributed by atoms with Crippen molar-refractivity contribution < 1.29 is 9.53 Å². The second-order valence-electron chi connectivity index (χ2n) is 4.88. The monoisotopic (exact) mass is 242 g/mol. The Morgan fingerprint density at radius 2 is 2.12 bits per heavy atom. The summed E-state index contributed by atoms with van der Waals surface area (Å²) in [6.45, 7) is 5.52. The number of ether oxygens (including phenoxy) is 1. The van der Waals surface area contributed by atoms with Gasteiger partial charge in [-0.2, -0.15) is 0 Å². The van der Waals surface area contributed by atoms with Crippen LogP contribution in [0.25, 0.3) is 0 Å². The van der Waals surface area contributed by atoms with Gasteiger partial charge >= 0.3 is 0 Å². The number of hydrogen-bond acceptors (Lipinski definition) is 3. The molecule has 0 aliphatic carbocycles. The molecule has 1 aliphatic rings. The van der Waals surface area contributed by atoms with Gasteiger partial charge in [0.15, 0.2) is 0 Å². The molecule has 1 aliphatic heterocycles. The molecule has 100 valence electrons. The molecule has 4 nitrogen and oxygen atoms in total. The molecular weight excluding hydrogens is 216 g/mol. The highest BCUT2D eigenvalue weighted by Gasteiger charge is 2.38. The summed E-state index contributed by atoms with van der Waals surface area (Å²) in [5.74, 6) is 0.247. The number of nitrogens with one attached hydrogen (secondary N) is 2. The Morgan fingerprint density at radius 3 is 2.71 bits per heavy atom. The average molecular weight is 242 g/mol. The zero-order valence-corrected chi connectivity index (χ0v) is 11.2. The van der Waals surface area contributed by atoms with Gasteiger partial charge in [-0.05, 0) is 38.8 Å². The Balaban J connectivity index is 2.42. The molecule has 1 rings (SSSR count). The highest BCUT2D eigenvalue weighted by molar-refractivity contribution is 5.82. The average Bonchev–Trinajstić information content (AvgIpc) is 2.36. The molecule has 1 fully saturated rings. The Labute approximate surface area is 104 Å². The molecule has 0 bridgehead atoms. The predicted octanol–water partition coefficient (Wildman–Crippen LogP) is 1.31. The molecule has 0 aromatic carbocycles. The van der Waals surface area contributed by atoms with E-state index in [0.29, 0.717) is 6.61 Å². The standard InChI is InChI=1S/C13H26N2O2/c1-3-5-13(6-9-14-10-7-13)12(16)15-8-4-11-17-2/h14H,3-11H2,1-2H3,(H,15,16). The van der Waals surface area contributed by atoms with Gasteiger partial charge < -0.3 is 15.4 Å². The van der Waals surface area contributed by atoms with E-state index in [9.17, 15) is 4.79 Å². The summed E-state index contributed by atoms with van der Waals surface area (Å²) in [7, 11) is 1.69. The van der Waals surface area contributed by atoms with Gasteiger partial charge in [0.05, 0.1) is 5.41 Å². The minimum atomic E-state index is -0.118. The van der Waals surface area contributed by atoms with E-state index in [1.54, 1.807) is 7.11 Å². The number of piperidine rings is 1. The number of carbonyl (C=O) groups excluding carboxylic acids is 1. The van der Waals surface area contributed by atoms with Crippen molar-refractivity contribution in [2.45, 2.75) is 39.0 Å². The lowest BCUT2D eigenvalue weighted by Crippen LogP contribution is -2.47. The van der Waals surface area contributed by atoms with Crippen LogP contribution in [0, 0.1) is 5.41 Å². The third kappa shape index (κ3) is 4.28. The molecule has 4 heteroatoms. The van der Waals surface area contributed by atoms with E-state index >= 15 is 0 Å². The molecule has 1 saturated heterocycles. The number of carbonyl (C=O) groups is 1. The van der Waals surface area contributed by atoms with Crippen molar-refractivity contribution in [3.63, 3.8) is 0 Å². The molecule has 2 N–H and O–H groups in total. The first-order valence-electron chi connectivity index (χ1n) is 6.73. The quantitative estimate of drug-likeness (QED) is 0.662. The molecule has 1 amide bonds. The molecule has 0 atom stereocenters. The van der Waals surface area contributed by atoms with E-state index in [4.69, 9.17) is 4.74 Å². The van der Waals surface area contributed by atoms with Crippen LogP contribution in [0.15, 0.2) is 0 Å². The molecule has 0 aromatic rings. The molecule has 1 heterocycles. The fourth-order valence-electron chi connectivity index (χ4n) is 2.58. The summed E-state index contributed by atoms with van der Waals surface area (Å²) in [5, 5.41) is 6.40. The van der Waals surface area contributed by atoms with E-state index < -0.39 is 0 Å². The van der Waals surface area contributed by atoms with Gasteiger partial charge in [-0.3, -0.25) is 4.79 Å². The van der Waals surface area contributed by atoms with E-state index in [1.807, 2.05) is 0 Å². The fraction of sp³-hybridized carbons (Fsp3) is 0.923. The largest absolute Gasteiger partial charge is 0.385 e. The van der Waals surface area contributed by atoms with E-state index in [-0.39, 0.29) is 11.3 Å². The summed E-state index contributed by atoms with van der Waals surface area (Å²) in [6, 6.07) is 0. The van der Waals surface area contributed by atoms with Gasteiger partial charge in [-0.25, -0.2) is 0 Å². The Morgan fingerprint density at radius 1 is 1.41 bits per heavy atom. The maximum absolute atomic E-state index is 12.3. The van der Waals surface area contributed by atoms with E-state index in [0.717, 1.165) is 51.7 Å². The minimum absolute atomic E-state index is 0.118. The first kappa shape index (κ1) is 14.5. The lowest BCUT2D eigenvalue weighted by molar-refractivity contribution is -0.133. The molecule has 0 saturated carbocycles. The van der Waals surface area contributed by atoms with Crippen molar-refractivity contribution in [1.82, 2.24) is 10.6 Å². The third-order valence-corrected chi connectivity index (χ3v) is 3.58. The smallest absolute Gasteiger partial charge is 0.226 e. The molecule has 0 spiro atoms. The van der Waals surface area contributed by atoms with E-state index in [1.165, 1.54) is 0 Å². The van der Waals surface area contributed by atoms with Crippen molar-refractivity contribution in [2.24, 2.45) is 5.41 Å². The van der Waals surface area contributed by atoms with Gasteiger partial charge in [0, 0.05) is 20.3 Å². The highest BCUT2D eigenvalue weighted by Crippen LogP contribution is 2.34. The van der Waals surface area contributed by atoms with Gasteiger partial charge in [-0.15, -0.1) is 0 Å². The van der Waals surface area contributed by atoms with E-state index in [2.05, 4.69) is 17.6 Å². The van der Waals surface area contributed by atoms with Crippen molar-refractivity contribution in [3.05, 3.63) is 0 Å². The lowest BCUT2D eigenvalue weighted by atomic mass is 9.74. The molecule has 0 aromatic heterocycles. The van der Waals surface area contributed by atoms with Crippen LogP contribution in [-0.4, -0.2) is 39.3 Å². The Bertz CT molecular complexity index is 220. The van der Waals surface area contributed by atoms with Gasteiger partial charge in [0.25, 0.3) is 0 Å². The molecule has 0 radical (unpaired) electrons. The Kier molecular flexibility index (Phi) is 6.52. The summed E-state index contributed by atoms with van der Waals surface area (Å²) in [5.41, 5.74) is -0.118. The van der Waals surface area contributed by atoms with Crippen molar-refractivity contribution >= 4 is 5.91 Å². The summed E-state index contributed by atoms with van der Waals surface area (Å²) >= 11 is 0. The van der Waals surface area contributed by atoms with Crippen molar-refractivity contribution in [2.75, 3.05) is 33.4 Å². The maximum atomic E-state index is 12.3. The zero-order chi connectivity index (χ0) is 12.6. The van der Waals surface area contributed by atoms with Crippen molar-refractivity contribution in [3.8, 4) is 0 Å². The van der Waals surface area contributed by atoms with Crippen LogP contribution in [0.2, 0.25) is 0 Å². The number of amides is 1. The Hall–Kier alpha value is -0.610. The highest BCUT2D eigenvalue weighted by atomic mass is 16.5. The summed E-state index contributed by atoms with van der Waals surface area (Å²) in [4.78, 5) is 12.3. The van der Waals surface area contributed by atoms with Crippen LogP contribution in [-0.2, 0) is 9.53 Å². The third-order valence-electron chi connectivity index (χ3n) is 3.58. The molecule has 0 unspecified atom stereocenters. The normalized spacial score (nSPS) is 18.9. The molecule has 17 heavy (non-hydrogen) atoms. The zero-order valence-electron chi connectivity index (χ0n) is 11.2. The molecular formula is C13H26N2O2. The summed E-state index contributed by atoms with van der Waals surface area (Å²) in [6.07, 6.45) is 4.91. The topological polar surface area (TPSA) is 50.4 Å². The minimum Gasteiger partial charge on any atom is -0.385 e. The second-order valence-corrected chi connectivity index (χ2v) is 4.88. The lowest BCUT2D eigenvalue weighted by Gasteiger charge is -2.36.